The molecular weight excluding hydrogens is 226 g/mol. The van der Waals surface area contributed by atoms with Crippen LogP contribution in [0.3, 0.4) is 0 Å². The second-order valence-electron chi connectivity index (χ2n) is 3.87. The fraction of sp³-hybridized carbons (Fsp3) is 0.308. The van der Waals surface area contributed by atoms with E-state index in [9.17, 15) is 5.26 Å². The fourth-order valence-electron chi connectivity index (χ4n) is 1.90. The van der Waals surface area contributed by atoms with Gasteiger partial charge in [0.1, 0.15) is 11.6 Å². The van der Waals surface area contributed by atoms with Crippen LogP contribution >= 0.6 is 0 Å². The Morgan fingerprint density at radius 1 is 1.22 bits per heavy atom. The molecule has 0 radical (unpaired) electrons. The molecule has 92 valence electrons. The SMILES string of the molecule is CCc1nnc(Nn2cccc2)c(C#N)c1CC. The standard InChI is InChI=1S/C13H15N5/c1-3-10-11(9-14)13(16-15-12(10)4-2)17-18-7-5-6-8-18/h5-8H,3-4H2,1-2H3,(H,16,17). The van der Waals surface area contributed by atoms with E-state index in [1.54, 1.807) is 4.68 Å². The van der Waals surface area contributed by atoms with E-state index in [1.165, 1.54) is 0 Å². The number of aryl methyl sites for hydroxylation is 1. The first-order chi connectivity index (χ1) is 8.80. The Morgan fingerprint density at radius 2 is 1.94 bits per heavy atom. The third-order valence-electron chi connectivity index (χ3n) is 2.80. The average molecular weight is 241 g/mol. The van der Waals surface area contributed by atoms with Crippen LogP contribution in [0.4, 0.5) is 5.82 Å². The van der Waals surface area contributed by atoms with Crippen LogP contribution in [0, 0.1) is 11.3 Å². The van der Waals surface area contributed by atoms with E-state index in [-0.39, 0.29) is 0 Å². The maximum absolute atomic E-state index is 9.31. The van der Waals surface area contributed by atoms with Crippen molar-refractivity contribution in [2.45, 2.75) is 26.7 Å². The third-order valence-corrected chi connectivity index (χ3v) is 2.80. The molecule has 5 nitrogen and oxygen atoms in total. The normalized spacial score (nSPS) is 10.1. The zero-order valence-corrected chi connectivity index (χ0v) is 10.5. The van der Waals surface area contributed by atoms with Gasteiger partial charge in [-0.2, -0.15) is 10.4 Å². The van der Waals surface area contributed by atoms with Gasteiger partial charge in [-0.15, -0.1) is 5.10 Å². The minimum absolute atomic E-state index is 0.503. The molecular formula is C13H15N5. The molecule has 2 rings (SSSR count). The summed E-state index contributed by atoms with van der Waals surface area (Å²) in [6.07, 6.45) is 5.26. The molecule has 0 aliphatic heterocycles. The average Bonchev–Trinajstić information content (AvgIpc) is 2.90. The quantitative estimate of drug-likeness (QED) is 0.890. The Hall–Kier alpha value is -2.35. The first-order valence-electron chi connectivity index (χ1n) is 5.98. The van der Waals surface area contributed by atoms with Gasteiger partial charge in [-0.25, -0.2) is 0 Å². The minimum Gasteiger partial charge on any atom is -0.275 e. The van der Waals surface area contributed by atoms with E-state index in [1.807, 2.05) is 38.4 Å². The van der Waals surface area contributed by atoms with Crippen LogP contribution in [-0.4, -0.2) is 14.9 Å². The molecule has 0 aliphatic rings. The van der Waals surface area contributed by atoms with Crippen molar-refractivity contribution in [2.24, 2.45) is 0 Å². The minimum atomic E-state index is 0.503. The lowest BCUT2D eigenvalue weighted by Crippen LogP contribution is -2.13. The molecule has 5 heteroatoms. The van der Waals surface area contributed by atoms with Crippen molar-refractivity contribution in [1.82, 2.24) is 14.9 Å². The molecule has 2 aromatic heterocycles. The Labute approximate surface area is 106 Å². The Balaban J connectivity index is 2.45. The molecule has 0 bridgehead atoms. The molecule has 0 unspecified atom stereocenters. The van der Waals surface area contributed by atoms with Crippen molar-refractivity contribution >= 4 is 5.82 Å². The van der Waals surface area contributed by atoms with E-state index >= 15 is 0 Å². The van der Waals surface area contributed by atoms with Gasteiger partial charge >= 0.3 is 0 Å². The van der Waals surface area contributed by atoms with Crippen molar-refractivity contribution in [2.75, 3.05) is 5.43 Å². The molecule has 0 atom stereocenters. The molecule has 0 amide bonds. The van der Waals surface area contributed by atoms with Gasteiger partial charge in [0.25, 0.3) is 0 Å². The van der Waals surface area contributed by atoms with Gasteiger partial charge in [-0.05, 0) is 30.5 Å². The zero-order valence-electron chi connectivity index (χ0n) is 10.5. The van der Waals surface area contributed by atoms with Crippen LogP contribution in [0.2, 0.25) is 0 Å². The fourth-order valence-corrected chi connectivity index (χ4v) is 1.90. The Bertz CT molecular complexity index is 566. The molecule has 0 aliphatic carbocycles. The summed E-state index contributed by atoms with van der Waals surface area (Å²) >= 11 is 0. The highest BCUT2D eigenvalue weighted by atomic mass is 15.4. The van der Waals surface area contributed by atoms with E-state index < -0.39 is 0 Å². The highest BCUT2D eigenvalue weighted by Crippen LogP contribution is 2.19. The second-order valence-corrected chi connectivity index (χ2v) is 3.87. The van der Waals surface area contributed by atoms with Crippen molar-refractivity contribution < 1.29 is 0 Å². The van der Waals surface area contributed by atoms with Gasteiger partial charge in [0.15, 0.2) is 5.82 Å². The monoisotopic (exact) mass is 241 g/mol. The van der Waals surface area contributed by atoms with E-state index in [0.717, 1.165) is 24.1 Å². The van der Waals surface area contributed by atoms with Crippen LogP contribution in [0.15, 0.2) is 24.5 Å². The van der Waals surface area contributed by atoms with Crippen LogP contribution in [0.5, 0.6) is 0 Å². The largest absolute Gasteiger partial charge is 0.275 e. The van der Waals surface area contributed by atoms with Gasteiger partial charge in [0.2, 0.25) is 0 Å². The first kappa shape index (κ1) is 12.1. The third kappa shape index (κ3) is 2.18. The van der Waals surface area contributed by atoms with Gasteiger partial charge in [0, 0.05) is 12.4 Å². The first-order valence-corrected chi connectivity index (χ1v) is 5.98. The Morgan fingerprint density at radius 3 is 2.50 bits per heavy atom. The highest BCUT2D eigenvalue weighted by molar-refractivity contribution is 5.56. The zero-order chi connectivity index (χ0) is 13.0. The van der Waals surface area contributed by atoms with Crippen molar-refractivity contribution in [3.05, 3.63) is 41.3 Å². The summed E-state index contributed by atoms with van der Waals surface area (Å²) < 4.78 is 1.75. The van der Waals surface area contributed by atoms with E-state index in [0.29, 0.717) is 11.4 Å². The maximum atomic E-state index is 9.31. The molecule has 18 heavy (non-hydrogen) atoms. The number of hydrogen-bond donors (Lipinski definition) is 1. The Kier molecular flexibility index (Phi) is 3.58. The lowest BCUT2D eigenvalue weighted by Gasteiger charge is -2.12. The summed E-state index contributed by atoms with van der Waals surface area (Å²) in [5, 5.41) is 17.6. The summed E-state index contributed by atoms with van der Waals surface area (Å²) in [7, 11) is 0. The summed E-state index contributed by atoms with van der Waals surface area (Å²) in [5.41, 5.74) is 5.50. The lowest BCUT2D eigenvalue weighted by molar-refractivity contribution is 0.850. The van der Waals surface area contributed by atoms with Crippen LogP contribution in [0.25, 0.3) is 0 Å². The number of nitriles is 1. The van der Waals surface area contributed by atoms with Crippen LogP contribution < -0.4 is 5.43 Å². The molecule has 0 fully saturated rings. The molecule has 2 aromatic rings. The molecule has 2 heterocycles. The highest BCUT2D eigenvalue weighted by Gasteiger charge is 2.14. The number of hydrogen-bond acceptors (Lipinski definition) is 4. The van der Waals surface area contributed by atoms with Crippen molar-refractivity contribution in [3.8, 4) is 6.07 Å². The number of anilines is 1. The summed E-state index contributed by atoms with van der Waals surface area (Å²) in [6.45, 7) is 4.04. The van der Waals surface area contributed by atoms with Crippen LogP contribution in [0.1, 0.15) is 30.7 Å². The number of rotatable bonds is 4. The van der Waals surface area contributed by atoms with Crippen molar-refractivity contribution in [3.63, 3.8) is 0 Å². The smallest absolute Gasteiger partial charge is 0.185 e. The lowest BCUT2D eigenvalue weighted by atomic mass is 10.0. The topological polar surface area (TPSA) is 66.5 Å². The van der Waals surface area contributed by atoms with Gasteiger partial charge < -0.3 is 0 Å². The molecule has 0 aromatic carbocycles. The molecule has 0 saturated carbocycles. The predicted molar refractivity (Wildman–Crippen MR) is 69.0 cm³/mol. The van der Waals surface area contributed by atoms with Gasteiger partial charge in [0.05, 0.1) is 5.69 Å². The number of nitrogens with one attached hydrogen (secondary N) is 1. The number of nitrogens with zero attached hydrogens (tertiary/aromatic N) is 4. The maximum Gasteiger partial charge on any atom is 0.185 e. The van der Waals surface area contributed by atoms with Crippen LogP contribution in [-0.2, 0) is 12.8 Å². The van der Waals surface area contributed by atoms with E-state index in [4.69, 9.17) is 0 Å². The summed E-state index contributed by atoms with van der Waals surface area (Å²) in [4.78, 5) is 0. The van der Waals surface area contributed by atoms with Gasteiger partial charge in [-0.3, -0.25) is 10.1 Å². The molecule has 1 N–H and O–H groups in total. The van der Waals surface area contributed by atoms with E-state index in [2.05, 4.69) is 21.7 Å². The molecule has 0 spiro atoms. The second kappa shape index (κ2) is 5.32. The predicted octanol–water partition coefficient (Wildman–Crippen LogP) is 2.15. The molecule has 0 saturated heterocycles. The summed E-state index contributed by atoms with van der Waals surface area (Å²) in [5.74, 6) is 0.503. The van der Waals surface area contributed by atoms with Gasteiger partial charge in [-0.1, -0.05) is 13.8 Å². The summed E-state index contributed by atoms with van der Waals surface area (Å²) in [6, 6.07) is 6.02. The van der Waals surface area contributed by atoms with Crippen molar-refractivity contribution in [1.29, 1.82) is 5.26 Å². The number of aromatic nitrogens is 3.